The molecule has 1 amide bonds. The van der Waals surface area contributed by atoms with Crippen LogP contribution in [0.25, 0.3) is 0 Å². The number of ether oxygens (including phenoxy) is 1. The molecule has 0 rings (SSSR count). The smallest absolute Gasteiger partial charge is 0.410 e. The van der Waals surface area contributed by atoms with E-state index in [1.54, 1.807) is 4.90 Å². The van der Waals surface area contributed by atoms with Crippen molar-refractivity contribution in [1.82, 2.24) is 10.2 Å². The molecule has 0 saturated carbocycles. The number of hydrogen-bond acceptors (Lipinski definition) is 3. The first-order valence-electron chi connectivity index (χ1n) is 5.58. The minimum Gasteiger partial charge on any atom is -0.450 e. The summed E-state index contributed by atoms with van der Waals surface area (Å²) in [5, 5.41) is 3.20. The van der Waals surface area contributed by atoms with Gasteiger partial charge in [0.1, 0.15) is 0 Å². The summed E-state index contributed by atoms with van der Waals surface area (Å²) in [6.07, 6.45) is -0.233. The fourth-order valence-corrected chi connectivity index (χ4v) is 1.27. The fourth-order valence-electron chi connectivity index (χ4n) is 1.27. The zero-order valence-corrected chi connectivity index (χ0v) is 10.6. The number of carbonyl (C=O) groups excluding carboxylic acids is 1. The molecule has 0 unspecified atom stereocenters. The Bertz CT molecular complexity index is 188. The maximum Gasteiger partial charge on any atom is 0.410 e. The van der Waals surface area contributed by atoms with Gasteiger partial charge in [-0.1, -0.05) is 6.92 Å². The van der Waals surface area contributed by atoms with Crippen molar-refractivity contribution >= 4 is 6.09 Å². The van der Waals surface area contributed by atoms with Crippen molar-refractivity contribution in [1.29, 1.82) is 0 Å². The molecule has 0 aromatic carbocycles. The zero-order valence-electron chi connectivity index (χ0n) is 10.6. The van der Waals surface area contributed by atoms with E-state index in [1.165, 1.54) is 0 Å². The van der Waals surface area contributed by atoms with E-state index in [0.717, 1.165) is 13.1 Å². The van der Waals surface area contributed by atoms with E-state index >= 15 is 0 Å². The number of rotatable bonds is 5. The minimum atomic E-state index is -0.233. The maximum atomic E-state index is 11.7. The average molecular weight is 216 g/mol. The van der Waals surface area contributed by atoms with Gasteiger partial charge in [-0.2, -0.15) is 0 Å². The number of nitrogens with one attached hydrogen (secondary N) is 1. The van der Waals surface area contributed by atoms with Crippen LogP contribution in [0.1, 0.15) is 34.6 Å². The van der Waals surface area contributed by atoms with Crippen LogP contribution in [0.5, 0.6) is 0 Å². The van der Waals surface area contributed by atoms with Gasteiger partial charge in [0.25, 0.3) is 0 Å². The highest BCUT2D eigenvalue weighted by Gasteiger charge is 2.26. The van der Waals surface area contributed by atoms with Crippen molar-refractivity contribution in [3.05, 3.63) is 0 Å². The molecule has 0 bridgehead atoms. The molecular formula is C11H24N2O2. The SMILES string of the molecule is CCNCCN(C(=O)OCC)C(C)(C)C. The van der Waals surface area contributed by atoms with Gasteiger partial charge in [0.05, 0.1) is 6.61 Å². The van der Waals surface area contributed by atoms with Crippen LogP contribution in [0.3, 0.4) is 0 Å². The Morgan fingerprint density at radius 2 is 1.93 bits per heavy atom. The lowest BCUT2D eigenvalue weighted by molar-refractivity contribution is 0.0718. The van der Waals surface area contributed by atoms with E-state index in [1.807, 2.05) is 34.6 Å². The largest absolute Gasteiger partial charge is 0.450 e. The molecular weight excluding hydrogens is 192 g/mol. The number of hydrogen-bond donors (Lipinski definition) is 1. The standard InChI is InChI=1S/C11H24N2O2/c1-6-12-8-9-13(11(3,4)5)10(14)15-7-2/h12H,6-9H2,1-5H3. The van der Waals surface area contributed by atoms with E-state index in [9.17, 15) is 4.79 Å². The Kier molecular flexibility index (Phi) is 6.32. The van der Waals surface area contributed by atoms with Crippen molar-refractivity contribution < 1.29 is 9.53 Å². The molecule has 0 spiro atoms. The zero-order chi connectivity index (χ0) is 11.9. The van der Waals surface area contributed by atoms with Gasteiger partial charge in [-0.05, 0) is 34.2 Å². The van der Waals surface area contributed by atoms with Crippen molar-refractivity contribution in [2.24, 2.45) is 0 Å². The van der Waals surface area contributed by atoms with Gasteiger partial charge < -0.3 is 15.0 Å². The summed E-state index contributed by atoms with van der Waals surface area (Å²) in [6, 6.07) is 0. The van der Waals surface area contributed by atoms with Gasteiger partial charge in [-0.15, -0.1) is 0 Å². The molecule has 0 aliphatic heterocycles. The average Bonchev–Trinajstić information content (AvgIpc) is 2.10. The van der Waals surface area contributed by atoms with Crippen LogP contribution in [0, 0.1) is 0 Å². The third kappa shape index (κ3) is 5.62. The highest BCUT2D eigenvalue weighted by molar-refractivity contribution is 5.68. The summed E-state index contributed by atoms with van der Waals surface area (Å²) in [5.41, 5.74) is -0.193. The van der Waals surface area contributed by atoms with Crippen LogP contribution in [0.2, 0.25) is 0 Å². The first kappa shape index (κ1) is 14.2. The molecule has 15 heavy (non-hydrogen) atoms. The molecule has 1 N–H and O–H groups in total. The molecule has 0 aromatic heterocycles. The monoisotopic (exact) mass is 216 g/mol. The topological polar surface area (TPSA) is 41.6 Å². The van der Waals surface area contributed by atoms with Crippen molar-refractivity contribution in [2.75, 3.05) is 26.2 Å². The van der Waals surface area contributed by atoms with Crippen LogP contribution >= 0.6 is 0 Å². The van der Waals surface area contributed by atoms with Crippen LogP contribution in [0.4, 0.5) is 4.79 Å². The summed E-state index contributed by atoms with van der Waals surface area (Å²) in [5.74, 6) is 0. The fraction of sp³-hybridized carbons (Fsp3) is 0.909. The molecule has 0 aliphatic rings. The predicted octanol–water partition coefficient (Wildman–Crippen LogP) is 1.85. The molecule has 0 atom stereocenters. The summed E-state index contributed by atoms with van der Waals surface area (Å²) in [4.78, 5) is 13.4. The van der Waals surface area contributed by atoms with Crippen LogP contribution in [0.15, 0.2) is 0 Å². The van der Waals surface area contributed by atoms with Gasteiger partial charge in [-0.25, -0.2) is 4.79 Å². The second kappa shape index (κ2) is 6.67. The van der Waals surface area contributed by atoms with E-state index in [4.69, 9.17) is 4.74 Å². The van der Waals surface area contributed by atoms with Crippen LogP contribution in [-0.4, -0.2) is 42.8 Å². The van der Waals surface area contributed by atoms with E-state index in [-0.39, 0.29) is 11.6 Å². The molecule has 0 aliphatic carbocycles. The van der Waals surface area contributed by atoms with Crippen LogP contribution < -0.4 is 5.32 Å². The number of nitrogens with zero attached hydrogens (tertiary/aromatic N) is 1. The second-order valence-corrected chi connectivity index (χ2v) is 4.37. The molecule has 4 nitrogen and oxygen atoms in total. The lowest BCUT2D eigenvalue weighted by atomic mass is 10.1. The summed E-state index contributed by atoms with van der Waals surface area (Å²) in [6.45, 7) is 12.7. The van der Waals surface area contributed by atoms with Gasteiger partial charge in [0.2, 0.25) is 0 Å². The van der Waals surface area contributed by atoms with Gasteiger partial charge in [0.15, 0.2) is 0 Å². The Morgan fingerprint density at radius 3 is 2.33 bits per heavy atom. The third-order valence-corrected chi connectivity index (χ3v) is 2.06. The lowest BCUT2D eigenvalue weighted by Crippen LogP contribution is -2.48. The van der Waals surface area contributed by atoms with Crippen LogP contribution in [-0.2, 0) is 4.74 Å². The molecule has 90 valence electrons. The van der Waals surface area contributed by atoms with Gasteiger partial charge in [0, 0.05) is 18.6 Å². The molecule has 4 heteroatoms. The van der Waals surface area contributed by atoms with Crippen molar-refractivity contribution in [3.8, 4) is 0 Å². The number of amides is 1. The summed E-state index contributed by atoms with van der Waals surface area (Å²) < 4.78 is 5.02. The lowest BCUT2D eigenvalue weighted by Gasteiger charge is -2.34. The quantitative estimate of drug-likeness (QED) is 0.713. The number of carbonyl (C=O) groups is 1. The molecule has 0 radical (unpaired) electrons. The molecule has 0 fully saturated rings. The molecule has 0 aromatic rings. The van der Waals surface area contributed by atoms with Crippen molar-refractivity contribution in [3.63, 3.8) is 0 Å². The second-order valence-electron chi connectivity index (χ2n) is 4.37. The minimum absolute atomic E-state index is 0.193. The highest BCUT2D eigenvalue weighted by atomic mass is 16.6. The Balaban J connectivity index is 4.25. The Hall–Kier alpha value is -0.770. The van der Waals surface area contributed by atoms with E-state index in [0.29, 0.717) is 13.2 Å². The summed E-state index contributed by atoms with van der Waals surface area (Å²) in [7, 11) is 0. The summed E-state index contributed by atoms with van der Waals surface area (Å²) >= 11 is 0. The van der Waals surface area contributed by atoms with Gasteiger partial charge in [-0.3, -0.25) is 0 Å². The third-order valence-electron chi connectivity index (χ3n) is 2.06. The normalized spacial score (nSPS) is 11.3. The highest BCUT2D eigenvalue weighted by Crippen LogP contribution is 2.13. The molecule has 0 heterocycles. The maximum absolute atomic E-state index is 11.7. The Labute approximate surface area is 93.0 Å². The Morgan fingerprint density at radius 1 is 1.33 bits per heavy atom. The predicted molar refractivity (Wildman–Crippen MR) is 62.0 cm³/mol. The first-order chi connectivity index (χ1) is 6.93. The van der Waals surface area contributed by atoms with Crippen molar-refractivity contribution in [2.45, 2.75) is 40.2 Å². The van der Waals surface area contributed by atoms with Gasteiger partial charge >= 0.3 is 6.09 Å². The molecule has 0 saturated heterocycles. The van der Waals surface area contributed by atoms with E-state index < -0.39 is 0 Å². The number of likely N-dealkylation sites (N-methyl/N-ethyl adjacent to an activating group) is 1. The van der Waals surface area contributed by atoms with E-state index in [2.05, 4.69) is 5.32 Å². The first-order valence-corrected chi connectivity index (χ1v) is 5.58.